The van der Waals surface area contributed by atoms with Crippen LogP contribution in [0.15, 0.2) is 53.0 Å². The van der Waals surface area contributed by atoms with E-state index in [1.165, 1.54) is 0 Å². The van der Waals surface area contributed by atoms with Crippen LogP contribution in [-0.2, 0) is 4.74 Å². The molecule has 1 heterocycles. The number of hydrogen-bond donors (Lipinski definition) is 2. The lowest BCUT2D eigenvalue weighted by molar-refractivity contribution is 0.0303. The molecule has 0 spiro atoms. The van der Waals surface area contributed by atoms with E-state index in [-0.39, 0.29) is 16.9 Å². The molecule has 0 atom stereocenters. The van der Waals surface area contributed by atoms with Crippen molar-refractivity contribution in [2.24, 2.45) is 0 Å². The van der Waals surface area contributed by atoms with Gasteiger partial charge in [-0.15, -0.1) is 0 Å². The molecule has 6 nitrogen and oxygen atoms in total. The van der Waals surface area contributed by atoms with Crippen LogP contribution < -0.4 is 10.6 Å². The van der Waals surface area contributed by atoms with Crippen molar-refractivity contribution in [1.82, 2.24) is 10.2 Å². The number of nitrogens with zero attached hydrogens (tertiary/aromatic N) is 1. The number of carbonyl (C=O) groups is 2. The van der Waals surface area contributed by atoms with Crippen molar-refractivity contribution >= 4 is 50.8 Å². The van der Waals surface area contributed by atoms with Gasteiger partial charge in [0.25, 0.3) is 11.8 Å². The second-order valence-corrected chi connectivity index (χ2v) is 7.22. The highest BCUT2D eigenvalue weighted by atomic mass is 79.9. The van der Waals surface area contributed by atoms with Gasteiger partial charge in [-0.2, -0.15) is 0 Å². The van der Waals surface area contributed by atoms with Gasteiger partial charge in [0.05, 0.1) is 13.2 Å². The van der Waals surface area contributed by atoms with Crippen LogP contribution in [0.3, 0.4) is 0 Å². The molecule has 0 saturated carbocycles. The fraction of sp³-hybridized carbons (Fsp3) is 0.211. The summed E-state index contributed by atoms with van der Waals surface area (Å²) in [5.74, 6) is -0.316. The van der Waals surface area contributed by atoms with Gasteiger partial charge in [-0.3, -0.25) is 14.9 Å². The summed E-state index contributed by atoms with van der Waals surface area (Å²) in [6.45, 7) is 2.34. The smallest absolute Gasteiger partial charge is 0.257 e. The van der Waals surface area contributed by atoms with Crippen molar-refractivity contribution in [3.63, 3.8) is 0 Å². The van der Waals surface area contributed by atoms with E-state index in [0.717, 1.165) is 4.47 Å². The van der Waals surface area contributed by atoms with Crippen LogP contribution in [0, 0.1) is 0 Å². The molecule has 0 bridgehead atoms. The van der Waals surface area contributed by atoms with Crippen LogP contribution in [0.25, 0.3) is 0 Å². The second-order valence-electron chi connectivity index (χ2n) is 5.90. The largest absolute Gasteiger partial charge is 0.378 e. The zero-order chi connectivity index (χ0) is 19.2. The number of carbonyl (C=O) groups excluding carboxylic acids is 2. The molecule has 1 aliphatic heterocycles. The third-order valence-electron chi connectivity index (χ3n) is 4.00. The Balaban J connectivity index is 1.56. The normalized spacial score (nSPS) is 13.7. The fourth-order valence-corrected chi connectivity index (χ4v) is 3.22. The van der Waals surface area contributed by atoms with Gasteiger partial charge in [0, 0.05) is 34.4 Å². The van der Waals surface area contributed by atoms with Crippen LogP contribution in [0.5, 0.6) is 0 Å². The Labute approximate surface area is 171 Å². The van der Waals surface area contributed by atoms with Gasteiger partial charge >= 0.3 is 0 Å². The predicted molar refractivity (Wildman–Crippen MR) is 111 cm³/mol. The van der Waals surface area contributed by atoms with Gasteiger partial charge in [-0.1, -0.05) is 22.0 Å². The van der Waals surface area contributed by atoms with Gasteiger partial charge in [0.1, 0.15) is 0 Å². The van der Waals surface area contributed by atoms with Crippen LogP contribution in [0.1, 0.15) is 20.7 Å². The van der Waals surface area contributed by atoms with Crippen molar-refractivity contribution in [3.8, 4) is 0 Å². The van der Waals surface area contributed by atoms with Crippen molar-refractivity contribution in [3.05, 3.63) is 64.1 Å². The molecule has 1 fully saturated rings. The van der Waals surface area contributed by atoms with Crippen LogP contribution in [-0.4, -0.2) is 48.1 Å². The monoisotopic (exact) mass is 447 g/mol. The molecular formula is C19H18BrN3O3S. The zero-order valence-corrected chi connectivity index (χ0v) is 16.8. The van der Waals surface area contributed by atoms with E-state index in [4.69, 9.17) is 17.0 Å². The molecule has 0 unspecified atom stereocenters. The first-order valence-corrected chi connectivity index (χ1v) is 9.58. The number of halogens is 1. The Hall–Kier alpha value is -2.29. The molecule has 0 radical (unpaired) electrons. The van der Waals surface area contributed by atoms with Crippen molar-refractivity contribution in [2.45, 2.75) is 0 Å². The summed E-state index contributed by atoms with van der Waals surface area (Å²) in [7, 11) is 0. The summed E-state index contributed by atoms with van der Waals surface area (Å²) in [5.41, 5.74) is 1.79. The van der Waals surface area contributed by atoms with Crippen LogP contribution >= 0.6 is 28.1 Å². The van der Waals surface area contributed by atoms with E-state index >= 15 is 0 Å². The molecule has 2 aromatic carbocycles. The summed E-state index contributed by atoms with van der Waals surface area (Å²) in [4.78, 5) is 26.4. The minimum atomic E-state index is -0.298. The molecule has 2 N–H and O–H groups in total. The quantitative estimate of drug-likeness (QED) is 0.707. The van der Waals surface area contributed by atoms with E-state index < -0.39 is 0 Å². The van der Waals surface area contributed by atoms with Crippen molar-refractivity contribution < 1.29 is 14.3 Å². The third kappa shape index (κ3) is 5.35. The van der Waals surface area contributed by atoms with E-state index in [9.17, 15) is 9.59 Å². The minimum absolute atomic E-state index is 0.0182. The zero-order valence-electron chi connectivity index (χ0n) is 14.4. The minimum Gasteiger partial charge on any atom is -0.378 e. The van der Waals surface area contributed by atoms with E-state index in [0.29, 0.717) is 43.1 Å². The first-order valence-electron chi connectivity index (χ1n) is 8.38. The van der Waals surface area contributed by atoms with Gasteiger partial charge in [0.2, 0.25) is 0 Å². The molecular weight excluding hydrogens is 430 g/mol. The highest BCUT2D eigenvalue weighted by Gasteiger charge is 2.18. The molecule has 0 aliphatic carbocycles. The maximum Gasteiger partial charge on any atom is 0.257 e. The molecule has 27 heavy (non-hydrogen) atoms. The lowest BCUT2D eigenvalue weighted by atomic mass is 10.1. The Kier molecular flexibility index (Phi) is 6.54. The van der Waals surface area contributed by atoms with E-state index in [2.05, 4.69) is 26.6 Å². The van der Waals surface area contributed by atoms with E-state index in [1.807, 2.05) is 6.07 Å². The third-order valence-corrected chi connectivity index (χ3v) is 4.70. The van der Waals surface area contributed by atoms with Gasteiger partial charge in [0.15, 0.2) is 5.11 Å². The number of thiocarbonyl (C=S) groups is 1. The number of rotatable bonds is 3. The molecule has 2 amide bonds. The Morgan fingerprint density at radius 2 is 1.74 bits per heavy atom. The topological polar surface area (TPSA) is 70.7 Å². The van der Waals surface area contributed by atoms with Gasteiger partial charge < -0.3 is 15.0 Å². The second kappa shape index (κ2) is 9.07. The molecule has 3 rings (SSSR count). The number of ether oxygens (including phenoxy) is 1. The Bertz CT molecular complexity index is 852. The number of amides is 2. The molecule has 2 aromatic rings. The molecule has 140 valence electrons. The predicted octanol–water partition coefficient (Wildman–Crippen LogP) is 3.05. The molecule has 0 aromatic heterocycles. The highest BCUT2D eigenvalue weighted by Crippen LogP contribution is 2.14. The molecule has 8 heteroatoms. The summed E-state index contributed by atoms with van der Waals surface area (Å²) in [5, 5.41) is 5.77. The summed E-state index contributed by atoms with van der Waals surface area (Å²) in [6, 6.07) is 14.0. The summed E-state index contributed by atoms with van der Waals surface area (Å²) < 4.78 is 6.08. The van der Waals surface area contributed by atoms with Crippen LogP contribution in [0.2, 0.25) is 0 Å². The SMILES string of the molecule is O=C(NC(=S)Nc1ccc(C(=O)N2CCOCC2)cc1)c1cccc(Br)c1. The van der Waals surface area contributed by atoms with E-state index in [1.54, 1.807) is 47.4 Å². The Morgan fingerprint density at radius 1 is 1.04 bits per heavy atom. The standard InChI is InChI=1S/C19H18BrN3O3S/c20-15-3-1-2-14(12-15)17(24)22-19(27)21-16-6-4-13(5-7-16)18(25)23-8-10-26-11-9-23/h1-7,12H,8-11H2,(H2,21,22,24,27). The van der Waals surface area contributed by atoms with Crippen molar-refractivity contribution in [2.75, 3.05) is 31.6 Å². The van der Waals surface area contributed by atoms with Crippen LogP contribution in [0.4, 0.5) is 5.69 Å². The summed E-state index contributed by atoms with van der Waals surface area (Å²) in [6.07, 6.45) is 0. The van der Waals surface area contributed by atoms with Gasteiger partial charge in [-0.25, -0.2) is 0 Å². The van der Waals surface area contributed by atoms with Crippen molar-refractivity contribution in [1.29, 1.82) is 0 Å². The number of nitrogens with one attached hydrogen (secondary N) is 2. The van der Waals surface area contributed by atoms with Gasteiger partial charge in [-0.05, 0) is 54.7 Å². The molecule has 1 saturated heterocycles. The number of benzene rings is 2. The average molecular weight is 448 g/mol. The maximum atomic E-state index is 12.4. The Morgan fingerprint density at radius 3 is 2.41 bits per heavy atom. The number of anilines is 1. The molecule has 1 aliphatic rings. The lowest BCUT2D eigenvalue weighted by Gasteiger charge is -2.26. The first-order chi connectivity index (χ1) is 13.0. The number of hydrogen-bond acceptors (Lipinski definition) is 4. The lowest BCUT2D eigenvalue weighted by Crippen LogP contribution is -2.40. The number of morpholine rings is 1. The first kappa shape index (κ1) is 19.5. The average Bonchev–Trinajstić information content (AvgIpc) is 2.68. The fourth-order valence-electron chi connectivity index (χ4n) is 2.61. The maximum absolute atomic E-state index is 12.4. The highest BCUT2D eigenvalue weighted by molar-refractivity contribution is 9.10. The summed E-state index contributed by atoms with van der Waals surface area (Å²) >= 11 is 8.52.